The molecule has 0 fully saturated rings. The van der Waals surface area contributed by atoms with Gasteiger partial charge in [0.15, 0.2) is 0 Å². The van der Waals surface area contributed by atoms with Crippen molar-refractivity contribution in [2.24, 2.45) is 0 Å². The van der Waals surface area contributed by atoms with Crippen LogP contribution in [0.5, 0.6) is 0 Å². The van der Waals surface area contributed by atoms with Crippen LogP contribution in [0.3, 0.4) is 0 Å². The summed E-state index contributed by atoms with van der Waals surface area (Å²) in [6.45, 7) is 0. The number of hydrogen-bond donors (Lipinski definition) is 0. The highest BCUT2D eigenvalue weighted by atomic mass is 14.2. The van der Waals surface area contributed by atoms with E-state index in [9.17, 15) is 0 Å². The molecule has 38 heavy (non-hydrogen) atoms. The Morgan fingerprint density at radius 3 is 1.68 bits per heavy atom. The lowest BCUT2D eigenvalue weighted by atomic mass is 9.86. The Hall–Kier alpha value is -4.94. The maximum absolute atomic E-state index is 2.44. The number of fused-ring (bicyclic) bond motifs is 9. The van der Waals surface area contributed by atoms with E-state index in [1.807, 2.05) is 0 Å². The molecule has 176 valence electrons. The van der Waals surface area contributed by atoms with Gasteiger partial charge in [0.1, 0.15) is 0 Å². The van der Waals surface area contributed by atoms with Gasteiger partial charge in [-0.3, -0.25) is 0 Å². The molecule has 0 amide bonds. The summed E-state index contributed by atoms with van der Waals surface area (Å²) in [5.41, 5.74) is 5.06. The normalized spacial score (nSPS) is 11.7. The fourth-order valence-electron chi connectivity index (χ4n) is 6.31. The van der Waals surface area contributed by atoms with Crippen molar-refractivity contribution in [3.63, 3.8) is 0 Å². The number of hydrogen-bond acceptors (Lipinski definition) is 0. The van der Waals surface area contributed by atoms with E-state index in [4.69, 9.17) is 0 Å². The molecule has 0 unspecified atom stereocenters. The molecule has 8 rings (SSSR count). The fraction of sp³-hybridized carbons (Fsp3) is 0. The minimum atomic E-state index is 1.25. The van der Waals surface area contributed by atoms with Crippen LogP contribution < -0.4 is 0 Å². The molecule has 0 atom stereocenters. The van der Waals surface area contributed by atoms with Gasteiger partial charge >= 0.3 is 0 Å². The lowest BCUT2D eigenvalue weighted by molar-refractivity contribution is 1.65. The van der Waals surface area contributed by atoms with Crippen LogP contribution in [0.25, 0.3) is 76.1 Å². The number of benzene rings is 8. The third kappa shape index (κ3) is 3.11. The summed E-state index contributed by atoms with van der Waals surface area (Å²) in [6.07, 6.45) is 0. The predicted molar refractivity (Wildman–Crippen MR) is 165 cm³/mol. The van der Waals surface area contributed by atoms with E-state index in [0.29, 0.717) is 0 Å². The van der Waals surface area contributed by atoms with Crippen LogP contribution in [0, 0.1) is 0 Å². The van der Waals surface area contributed by atoms with Crippen molar-refractivity contribution in [1.29, 1.82) is 0 Å². The highest BCUT2D eigenvalue weighted by Crippen LogP contribution is 2.44. The lowest BCUT2D eigenvalue weighted by Gasteiger charge is -2.17. The molecule has 8 aromatic carbocycles. The van der Waals surface area contributed by atoms with Gasteiger partial charge in [-0.25, -0.2) is 0 Å². The Morgan fingerprint density at radius 1 is 0.263 bits per heavy atom. The molecular formula is C38H24. The van der Waals surface area contributed by atoms with E-state index in [1.54, 1.807) is 0 Å². The van der Waals surface area contributed by atoms with Gasteiger partial charge in [-0.15, -0.1) is 0 Å². The summed E-state index contributed by atoms with van der Waals surface area (Å²) in [6, 6.07) is 53.3. The number of rotatable bonds is 2. The summed E-state index contributed by atoms with van der Waals surface area (Å²) in [7, 11) is 0. The standard InChI is InChI=1S/C38H24/c1-2-11-25(12-3-1)27-21-22-34-35(23-27)30-16-6-7-17-31(30)37-24-36(32-18-8-9-19-33(32)38(34)37)29-20-10-14-26-13-4-5-15-28(26)29/h1-24H. The third-order valence-corrected chi connectivity index (χ3v) is 8.03. The highest BCUT2D eigenvalue weighted by Gasteiger charge is 2.16. The molecule has 0 aromatic heterocycles. The van der Waals surface area contributed by atoms with Crippen LogP contribution in [0.15, 0.2) is 146 Å². The molecule has 0 radical (unpaired) electrons. The summed E-state index contributed by atoms with van der Waals surface area (Å²) in [4.78, 5) is 0. The zero-order chi connectivity index (χ0) is 25.1. The second kappa shape index (κ2) is 8.30. The zero-order valence-electron chi connectivity index (χ0n) is 20.9. The van der Waals surface area contributed by atoms with Crippen molar-refractivity contribution >= 4 is 53.9 Å². The Morgan fingerprint density at radius 2 is 0.868 bits per heavy atom. The lowest BCUT2D eigenvalue weighted by Crippen LogP contribution is -1.90. The molecule has 0 bridgehead atoms. The quantitative estimate of drug-likeness (QED) is 0.216. The van der Waals surface area contributed by atoms with E-state index in [1.165, 1.54) is 76.1 Å². The molecule has 0 saturated heterocycles. The van der Waals surface area contributed by atoms with Crippen molar-refractivity contribution < 1.29 is 0 Å². The Labute approximate surface area is 221 Å². The van der Waals surface area contributed by atoms with Crippen LogP contribution in [0.2, 0.25) is 0 Å². The first-order chi connectivity index (χ1) is 18.9. The van der Waals surface area contributed by atoms with Crippen molar-refractivity contribution in [2.45, 2.75) is 0 Å². The van der Waals surface area contributed by atoms with Crippen LogP contribution in [0.1, 0.15) is 0 Å². The highest BCUT2D eigenvalue weighted by molar-refractivity contribution is 6.33. The first kappa shape index (κ1) is 21.2. The Kier molecular flexibility index (Phi) is 4.62. The monoisotopic (exact) mass is 480 g/mol. The second-order valence-corrected chi connectivity index (χ2v) is 10.1. The van der Waals surface area contributed by atoms with Crippen LogP contribution >= 0.6 is 0 Å². The molecule has 0 aliphatic carbocycles. The smallest absolute Gasteiger partial charge is 0.00199 e. The minimum Gasteiger partial charge on any atom is -0.0622 e. The van der Waals surface area contributed by atoms with Gasteiger partial charge < -0.3 is 0 Å². The average molecular weight is 481 g/mol. The van der Waals surface area contributed by atoms with E-state index < -0.39 is 0 Å². The Bertz CT molecular complexity index is 2160. The van der Waals surface area contributed by atoms with Gasteiger partial charge in [-0.1, -0.05) is 133 Å². The van der Waals surface area contributed by atoms with Gasteiger partial charge in [0, 0.05) is 0 Å². The van der Waals surface area contributed by atoms with Gasteiger partial charge in [-0.05, 0) is 88.2 Å². The maximum atomic E-state index is 2.44. The molecule has 0 saturated carbocycles. The molecule has 0 nitrogen and oxygen atoms in total. The summed E-state index contributed by atoms with van der Waals surface area (Å²) in [5.74, 6) is 0. The van der Waals surface area contributed by atoms with Gasteiger partial charge in [0.25, 0.3) is 0 Å². The molecule has 0 aliphatic rings. The van der Waals surface area contributed by atoms with Crippen molar-refractivity contribution in [3.05, 3.63) is 146 Å². The molecule has 8 aromatic rings. The molecule has 0 heterocycles. The maximum Gasteiger partial charge on any atom is -0.00199 e. The second-order valence-electron chi connectivity index (χ2n) is 10.1. The molecule has 0 heteroatoms. The van der Waals surface area contributed by atoms with Gasteiger partial charge in [0.05, 0.1) is 0 Å². The largest absolute Gasteiger partial charge is 0.0622 e. The van der Waals surface area contributed by atoms with Crippen LogP contribution in [-0.2, 0) is 0 Å². The van der Waals surface area contributed by atoms with E-state index in [-0.39, 0.29) is 0 Å². The summed E-state index contributed by atoms with van der Waals surface area (Å²) < 4.78 is 0. The van der Waals surface area contributed by atoms with Gasteiger partial charge in [-0.2, -0.15) is 0 Å². The topological polar surface area (TPSA) is 0 Å². The van der Waals surface area contributed by atoms with Crippen molar-refractivity contribution in [1.82, 2.24) is 0 Å². The van der Waals surface area contributed by atoms with Gasteiger partial charge in [0.2, 0.25) is 0 Å². The average Bonchev–Trinajstić information content (AvgIpc) is 3.00. The molecular weight excluding hydrogens is 456 g/mol. The minimum absolute atomic E-state index is 1.25. The predicted octanol–water partition coefficient (Wildman–Crippen LogP) is 10.8. The molecule has 0 aliphatic heterocycles. The SMILES string of the molecule is c1ccc(-c2ccc3c(c2)c2ccccc2c2cc(-c4cccc5ccccc45)c4ccccc4c32)cc1. The van der Waals surface area contributed by atoms with E-state index >= 15 is 0 Å². The van der Waals surface area contributed by atoms with Crippen molar-refractivity contribution in [2.75, 3.05) is 0 Å². The zero-order valence-corrected chi connectivity index (χ0v) is 20.9. The summed E-state index contributed by atoms with van der Waals surface area (Å²) >= 11 is 0. The van der Waals surface area contributed by atoms with Crippen molar-refractivity contribution in [3.8, 4) is 22.3 Å². The van der Waals surface area contributed by atoms with Crippen LogP contribution in [-0.4, -0.2) is 0 Å². The fourth-order valence-corrected chi connectivity index (χ4v) is 6.31. The van der Waals surface area contributed by atoms with E-state index in [0.717, 1.165) is 0 Å². The van der Waals surface area contributed by atoms with E-state index in [2.05, 4.69) is 146 Å². The third-order valence-electron chi connectivity index (χ3n) is 8.03. The first-order valence-electron chi connectivity index (χ1n) is 13.2. The summed E-state index contributed by atoms with van der Waals surface area (Å²) in [5, 5.41) is 13.0. The molecule has 0 spiro atoms. The van der Waals surface area contributed by atoms with Crippen LogP contribution in [0.4, 0.5) is 0 Å². The molecule has 0 N–H and O–H groups in total. The Balaban J connectivity index is 1.56. The first-order valence-corrected chi connectivity index (χ1v) is 13.2.